The number of quaternary nitrogens is 1. The van der Waals surface area contributed by atoms with Crippen molar-refractivity contribution in [2.24, 2.45) is 17.8 Å². The number of hydrogen-bond acceptors (Lipinski definition) is 3. The van der Waals surface area contributed by atoms with E-state index in [1.807, 2.05) is 20.8 Å². The molecule has 3 atom stereocenters. The topological polar surface area (TPSA) is 112 Å². The first-order valence-corrected chi connectivity index (χ1v) is 16.3. The maximum absolute atomic E-state index is 12.0. The number of hydrogen-bond donors (Lipinski definition) is 3. The normalized spacial score (nSPS) is 15.5. The molecule has 0 aliphatic heterocycles. The van der Waals surface area contributed by atoms with Gasteiger partial charge in [0.2, 0.25) is 0 Å². The van der Waals surface area contributed by atoms with Gasteiger partial charge in [-0.1, -0.05) is 110 Å². The highest BCUT2D eigenvalue weighted by Crippen LogP contribution is 2.25. The van der Waals surface area contributed by atoms with Crippen LogP contribution in [0.25, 0.3) is 0 Å². The Morgan fingerprint density at radius 2 is 0.850 bits per heavy atom. The number of carbonyl (C=O) groups is 3. The van der Waals surface area contributed by atoms with Gasteiger partial charge in [-0.15, -0.1) is 0 Å². The molecule has 0 aromatic carbocycles. The zero-order valence-electron chi connectivity index (χ0n) is 26.2. The van der Waals surface area contributed by atoms with E-state index in [-0.39, 0.29) is 24.1 Å². The van der Waals surface area contributed by atoms with Crippen LogP contribution in [0.4, 0.5) is 0 Å². The Hall–Kier alpha value is -1.89. The highest BCUT2D eigenvalue weighted by atomic mass is 16.4. The van der Waals surface area contributed by atoms with Crippen LogP contribution in [0.3, 0.4) is 0 Å². The van der Waals surface area contributed by atoms with Crippen molar-refractivity contribution in [3.63, 3.8) is 0 Å². The molecule has 7 nitrogen and oxygen atoms in total. The summed E-state index contributed by atoms with van der Waals surface area (Å²) in [5.74, 6) is -4.62. The van der Waals surface area contributed by atoms with E-state index in [1.54, 1.807) is 0 Å². The first kappa shape index (κ1) is 38.1. The van der Waals surface area contributed by atoms with E-state index in [2.05, 4.69) is 19.1 Å². The summed E-state index contributed by atoms with van der Waals surface area (Å²) in [4.78, 5) is 35.9. The van der Waals surface area contributed by atoms with Crippen molar-refractivity contribution in [1.82, 2.24) is 0 Å². The van der Waals surface area contributed by atoms with E-state index in [0.29, 0.717) is 32.2 Å². The molecule has 0 saturated heterocycles. The first-order valence-electron chi connectivity index (χ1n) is 16.3. The minimum atomic E-state index is -0.903. The second-order valence-electron chi connectivity index (χ2n) is 11.9. The third kappa shape index (κ3) is 17.7. The summed E-state index contributed by atoms with van der Waals surface area (Å²) in [6, 6.07) is 0. The van der Waals surface area contributed by atoms with Crippen molar-refractivity contribution in [3.05, 3.63) is 12.2 Å². The molecule has 0 aliphatic rings. The van der Waals surface area contributed by atoms with E-state index in [9.17, 15) is 29.7 Å². The highest BCUT2D eigenvalue weighted by Gasteiger charge is 2.40. The molecule has 0 fully saturated rings. The van der Waals surface area contributed by atoms with Crippen LogP contribution in [0.1, 0.15) is 137 Å². The summed E-state index contributed by atoms with van der Waals surface area (Å²) in [6.07, 6.45) is 23.1. The first-order chi connectivity index (χ1) is 19.2. The van der Waals surface area contributed by atoms with Crippen molar-refractivity contribution < 1.29 is 34.2 Å². The number of carboxylic acid groups (broad SMARTS) is 3. The van der Waals surface area contributed by atoms with Crippen LogP contribution >= 0.6 is 0 Å². The maximum Gasteiger partial charge on any atom is 0.312 e. The number of allylic oxidation sites excluding steroid dienone is 1. The Balaban J connectivity index is 4.95. The largest absolute Gasteiger partial charge is 0.481 e. The molecule has 3 unspecified atom stereocenters. The number of rotatable bonds is 28. The summed E-state index contributed by atoms with van der Waals surface area (Å²) >= 11 is 0. The predicted molar refractivity (Wildman–Crippen MR) is 163 cm³/mol. The van der Waals surface area contributed by atoms with Gasteiger partial charge in [0.1, 0.15) is 17.8 Å². The van der Waals surface area contributed by atoms with Gasteiger partial charge in [0.25, 0.3) is 0 Å². The molecule has 0 aliphatic carbocycles. The van der Waals surface area contributed by atoms with Crippen LogP contribution in [-0.4, -0.2) is 63.9 Å². The Kier molecular flexibility index (Phi) is 22.7. The summed E-state index contributed by atoms with van der Waals surface area (Å²) in [5, 5.41) is 29.4. The molecule has 0 heterocycles. The smallest absolute Gasteiger partial charge is 0.312 e. The molecule has 7 heteroatoms. The molecule has 0 aromatic rings. The zero-order chi connectivity index (χ0) is 30.2. The van der Waals surface area contributed by atoms with Crippen molar-refractivity contribution in [2.45, 2.75) is 137 Å². The van der Waals surface area contributed by atoms with Crippen LogP contribution in [0.5, 0.6) is 0 Å². The summed E-state index contributed by atoms with van der Waals surface area (Å²) in [7, 11) is 0. The van der Waals surface area contributed by atoms with Crippen LogP contribution in [0, 0.1) is 17.8 Å². The average molecular weight is 569 g/mol. The molecular formula is C33H62NO6+. The SMILES string of the molecule is CCCCCCCCCCCCCC/C=C/CC[N+](CC(CC)C(=O)O)(CC(CC)C(=O)O)CC(CC)C(=O)O. The van der Waals surface area contributed by atoms with Gasteiger partial charge < -0.3 is 19.8 Å². The fourth-order valence-electron chi connectivity index (χ4n) is 5.73. The Bertz CT molecular complexity index is 647. The fourth-order valence-corrected chi connectivity index (χ4v) is 5.73. The van der Waals surface area contributed by atoms with Crippen molar-refractivity contribution >= 4 is 17.9 Å². The third-order valence-corrected chi connectivity index (χ3v) is 8.51. The summed E-state index contributed by atoms with van der Waals surface area (Å²) in [5.41, 5.74) is 0. The molecular weight excluding hydrogens is 506 g/mol. The van der Waals surface area contributed by atoms with E-state index in [4.69, 9.17) is 0 Å². The Morgan fingerprint density at radius 1 is 0.525 bits per heavy atom. The van der Waals surface area contributed by atoms with Crippen molar-refractivity contribution in [3.8, 4) is 0 Å². The molecule has 234 valence electrons. The molecule has 0 rings (SSSR count). The van der Waals surface area contributed by atoms with Crippen LogP contribution < -0.4 is 0 Å². The lowest BCUT2D eigenvalue weighted by molar-refractivity contribution is -0.934. The number of aliphatic carboxylic acids is 3. The van der Waals surface area contributed by atoms with Crippen LogP contribution in [0.15, 0.2) is 12.2 Å². The summed E-state index contributed by atoms with van der Waals surface area (Å²) < 4.78 is 0.212. The van der Waals surface area contributed by atoms with Gasteiger partial charge >= 0.3 is 17.9 Å². The second-order valence-corrected chi connectivity index (χ2v) is 11.9. The zero-order valence-corrected chi connectivity index (χ0v) is 26.2. The van der Waals surface area contributed by atoms with Crippen molar-refractivity contribution in [1.29, 1.82) is 0 Å². The quantitative estimate of drug-likeness (QED) is 0.0498. The molecule has 0 saturated carbocycles. The third-order valence-electron chi connectivity index (χ3n) is 8.51. The molecule has 0 aromatic heterocycles. The molecule has 40 heavy (non-hydrogen) atoms. The van der Waals surface area contributed by atoms with E-state index in [1.165, 1.54) is 70.6 Å². The van der Waals surface area contributed by atoms with E-state index >= 15 is 0 Å². The van der Waals surface area contributed by atoms with Gasteiger partial charge in [0.05, 0.1) is 26.2 Å². The lowest BCUT2D eigenvalue weighted by Gasteiger charge is -2.43. The van der Waals surface area contributed by atoms with Crippen LogP contribution in [-0.2, 0) is 14.4 Å². The Labute approximate surface area is 245 Å². The summed E-state index contributed by atoms with van der Waals surface area (Å²) in [6.45, 7) is 9.04. The number of carboxylic acids is 3. The van der Waals surface area contributed by atoms with Gasteiger partial charge in [-0.25, -0.2) is 0 Å². The lowest BCUT2D eigenvalue weighted by atomic mass is 9.96. The van der Waals surface area contributed by atoms with Crippen LogP contribution in [0.2, 0.25) is 0 Å². The van der Waals surface area contributed by atoms with Gasteiger partial charge in [-0.3, -0.25) is 14.4 Å². The minimum Gasteiger partial charge on any atom is -0.481 e. The second kappa shape index (κ2) is 23.8. The van der Waals surface area contributed by atoms with E-state index < -0.39 is 35.7 Å². The molecule has 3 N–H and O–H groups in total. The molecule has 0 radical (unpaired) electrons. The number of unbranched alkanes of at least 4 members (excludes halogenated alkanes) is 12. The maximum atomic E-state index is 12.0. The van der Waals surface area contributed by atoms with Gasteiger partial charge in [0.15, 0.2) is 0 Å². The molecule has 0 bridgehead atoms. The van der Waals surface area contributed by atoms with E-state index in [0.717, 1.165) is 12.8 Å². The molecule has 0 amide bonds. The lowest BCUT2D eigenvalue weighted by Crippen LogP contribution is -2.58. The minimum absolute atomic E-state index is 0.212. The number of nitrogens with zero attached hydrogens (tertiary/aromatic N) is 1. The molecule has 0 spiro atoms. The standard InChI is InChI=1S/C33H61NO6/c1-5-9-10-11-12-13-14-15-16-17-18-19-20-21-22-23-24-34(25-28(6-2)31(35)36,26-29(7-3)32(37)38)27-30(8-4)33(39)40/h21-22,28-30H,5-20,23-27H2,1-4H3,(H2-,35,36,37,38,39,40)/p+1/b22-21+. The van der Waals surface area contributed by atoms with Gasteiger partial charge in [0, 0.05) is 6.42 Å². The fraction of sp³-hybridized carbons (Fsp3) is 0.848. The van der Waals surface area contributed by atoms with Gasteiger partial charge in [-0.05, 0) is 32.1 Å². The Morgan fingerprint density at radius 3 is 1.18 bits per heavy atom. The monoisotopic (exact) mass is 568 g/mol. The average Bonchev–Trinajstić information content (AvgIpc) is 2.92. The predicted octanol–water partition coefficient (Wildman–Crippen LogP) is 8.17. The van der Waals surface area contributed by atoms with Gasteiger partial charge in [-0.2, -0.15) is 0 Å². The van der Waals surface area contributed by atoms with Crippen molar-refractivity contribution in [2.75, 3.05) is 26.2 Å². The highest BCUT2D eigenvalue weighted by molar-refractivity contribution is 5.71.